The summed E-state index contributed by atoms with van der Waals surface area (Å²) in [6.07, 6.45) is 10.4. The van der Waals surface area contributed by atoms with Crippen molar-refractivity contribution in [1.82, 2.24) is 15.5 Å². The van der Waals surface area contributed by atoms with Crippen LogP contribution in [-0.4, -0.2) is 48.3 Å². The molecular formula is C25H39N3O3. The van der Waals surface area contributed by atoms with Crippen molar-refractivity contribution < 1.29 is 14.4 Å². The Morgan fingerprint density at radius 3 is 2.45 bits per heavy atom. The molecule has 1 aliphatic heterocycles. The van der Waals surface area contributed by atoms with Crippen LogP contribution in [0, 0.1) is 0 Å². The third-order valence-electron chi connectivity index (χ3n) is 6.03. The average molecular weight is 430 g/mol. The van der Waals surface area contributed by atoms with E-state index in [1.807, 2.05) is 30.3 Å². The number of unbranched alkanes of at least 4 members (excludes halogenated alkanes) is 6. The molecule has 172 valence electrons. The lowest BCUT2D eigenvalue weighted by atomic mass is 10.0. The summed E-state index contributed by atoms with van der Waals surface area (Å²) in [5.41, 5.74) is 0.992. The Morgan fingerprint density at radius 1 is 1.10 bits per heavy atom. The van der Waals surface area contributed by atoms with Gasteiger partial charge < -0.3 is 15.5 Å². The number of carbonyl (C=O) groups is 3. The Hall–Kier alpha value is -2.37. The minimum Gasteiger partial charge on any atom is -0.354 e. The molecule has 0 spiro atoms. The fourth-order valence-corrected chi connectivity index (χ4v) is 4.00. The van der Waals surface area contributed by atoms with Gasteiger partial charge in [0, 0.05) is 26.4 Å². The van der Waals surface area contributed by atoms with Gasteiger partial charge in [0.2, 0.25) is 17.7 Å². The van der Waals surface area contributed by atoms with E-state index >= 15 is 0 Å². The summed E-state index contributed by atoms with van der Waals surface area (Å²) >= 11 is 0. The first kappa shape index (κ1) is 24.9. The summed E-state index contributed by atoms with van der Waals surface area (Å²) in [6, 6.07) is 8.56. The van der Waals surface area contributed by atoms with Crippen molar-refractivity contribution in [3.05, 3.63) is 35.9 Å². The number of amides is 3. The molecule has 6 heteroatoms. The molecule has 2 rings (SSSR count). The van der Waals surface area contributed by atoms with Crippen LogP contribution in [0.2, 0.25) is 0 Å². The van der Waals surface area contributed by atoms with Crippen LogP contribution in [0.25, 0.3) is 0 Å². The van der Waals surface area contributed by atoms with Crippen molar-refractivity contribution in [2.24, 2.45) is 0 Å². The summed E-state index contributed by atoms with van der Waals surface area (Å²) in [5, 5.41) is 5.67. The highest BCUT2D eigenvalue weighted by molar-refractivity contribution is 5.92. The van der Waals surface area contributed by atoms with Crippen molar-refractivity contribution in [1.29, 1.82) is 0 Å². The van der Waals surface area contributed by atoms with E-state index in [9.17, 15) is 14.4 Å². The molecule has 2 atom stereocenters. The largest absolute Gasteiger partial charge is 0.354 e. The molecule has 1 aromatic carbocycles. The fourth-order valence-electron chi connectivity index (χ4n) is 4.00. The minimum absolute atomic E-state index is 0.0160. The molecule has 1 fully saturated rings. The predicted molar refractivity (Wildman–Crippen MR) is 123 cm³/mol. The molecule has 0 aliphatic carbocycles. The molecule has 31 heavy (non-hydrogen) atoms. The maximum absolute atomic E-state index is 13.1. The standard InChI is InChI=1S/C25H39N3O3/c1-3-4-5-6-7-8-12-17-23(29)28(2)22(19-20-14-10-9-11-15-20)25(31)27-21-16-13-18-26-24(21)30/h9-11,14-15,21-22H,3-8,12-13,16-19H2,1-2H3,(H,26,30)(H,27,31)/t21-,22-/m0/s1. The number of hydrogen-bond acceptors (Lipinski definition) is 3. The van der Waals surface area contributed by atoms with Crippen molar-refractivity contribution in [2.75, 3.05) is 13.6 Å². The molecule has 0 saturated carbocycles. The van der Waals surface area contributed by atoms with Gasteiger partial charge >= 0.3 is 0 Å². The summed E-state index contributed by atoms with van der Waals surface area (Å²) in [5.74, 6) is -0.422. The zero-order chi connectivity index (χ0) is 22.5. The van der Waals surface area contributed by atoms with E-state index in [1.165, 1.54) is 25.7 Å². The molecule has 1 aliphatic rings. The first-order valence-corrected chi connectivity index (χ1v) is 11.9. The lowest BCUT2D eigenvalue weighted by Crippen LogP contribution is -2.56. The quantitative estimate of drug-likeness (QED) is 0.470. The second-order valence-corrected chi connectivity index (χ2v) is 8.58. The first-order chi connectivity index (χ1) is 15.0. The zero-order valence-electron chi connectivity index (χ0n) is 19.2. The Bertz CT molecular complexity index is 693. The zero-order valence-corrected chi connectivity index (χ0v) is 19.2. The van der Waals surface area contributed by atoms with E-state index < -0.39 is 12.1 Å². The van der Waals surface area contributed by atoms with Crippen LogP contribution < -0.4 is 10.6 Å². The molecule has 6 nitrogen and oxygen atoms in total. The van der Waals surface area contributed by atoms with Crippen LogP contribution in [0.3, 0.4) is 0 Å². The highest BCUT2D eigenvalue weighted by atomic mass is 16.2. The third-order valence-corrected chi connectivity index (χ3v) is 6.03. The maximum atomic E-state index is 13.1. The van der Waals surface area contributed by atoms with Gasteiger partial charge in [-0.05, 0) is 24.8 Å². The first-order valence-electron chi connectivity index (χ1n) is 11.9. The molecule has 1 saturated heterocycles. The Morgan fingerprint density at radius 2 is 1.77 bits per heavy atom. The van der Waals surface area contributed by atoms with Gasteiger partial charge in [0.05, 0.1) is 0 Å². The lowest BCUT2D eigenvalue weighted by molar-refractivity contribution is -0.140. The molecule has 0 radical (unpaired) electrons. The van der Waals surface area contributed by atoms with Gasteiger partial charge in [-0.1, -0.05) is 75.8 Å². The van der Waals surface area contributed by atoms with Crippen LogP contribution in [0.15, 0.2) is 30.3 Å². The van der Waals surface area contributed by atoms with Gasteiger partial charge in [0.1, 0.15) is 12.1 Å². The monoisotopic (exact) mass is 429 g/mol. The van der Waals surface area contributed by atoms with Crippen molar-refractivity contribution in [3.63, 3.8) is 0 Å². The van der Waals surface area contributed by atoms with E-state index in [0.29, 0.717) is 25.8 Å². The van der Waals surface area contributed by atoms with Gasteiger partial charge in [-0.15, -0.1) is 0 Å². The van der Waals surface area contributed by atoms with Crippen LogP contribution in [0.1, 0.15) is 76.7 Å². The van der Waals surface area contributed by atoms with Crippen LogP contribution in [-0.2, 0) is 20.8 Å². The Balaban J connectivity index is 1.93. The minimum atomic E-state index is -0.630. The van der Waals surface area contributed by atoms with Crippen LogP contribution in [0.4, 0.5) is 0 Å². The number of likely N-dealkylation sites (N-methyl/N-ethyl adjacent to an activating group) is 1. The number of nitrogens with zero attached hydrogens (tertiary/aromatic N) is 1. The highest BCUT2D eigenvalue weighted by Gasteiger charge is 2.31. The second kappa shape index (κ2) is 13.8. The number of piperidine rings is 1. The van der Waals surface area contributed by atoms with Crippen molar-refractivity contribution in [2.45, 2.75) is 89.6 Å². The van der Waals surface area contributed by atoms with E-state index in [1.54, 1.807) is 11.9 Å². The Kier molecular flexibility index (Phi) is 11.1. The third kappa shape index (κ3) is 8.72. The number of benzene rings is 1. The molecule has 2 N–H and O–H groups in total. The fraction of sp³-hybridized carbons (Fsp3) is 0.640. The number of rotatable bonds is 13. The molecule has 1 aromatic rings. The highest BCUT2D eigenvalue weighted by Crippen LogP contribution is 2.14. The lowest BCUT2D eigenvalue weighted by Gasteiger charge is -2.30. The van der Waals surface area contributed by atoms with Crippen LogP contribution in [0.5, 0.6) is 0 Å². The van der Waals surface area contributed by atoms with E-state index in [0.717, 1.165) is 31.2 Å². The van der Waals surface area contributed by atoms with Crippen molar-refractivity contribution in [3.8, 4) is 0 Å². The number of carbonyl (C=O) groups excluding carboxylic acids is 3. The van der Waals surface area contributed by atoms with Crippen LogP contribution >= 0.6 is 0 Å². The number of hydrogen-bond donors (Lipinski definition) is 2. The van der Waals surface area contributed by atoms with Gasteiger partial charge in [-0.2, -0.15) is 0 Å². The van der Waals surface area contributed by atoms with E-state index in [-0.39, 0.29) is 17.7 Å². The van der Waals surface area contributed by atoms with Gasteiger partial charge in [0.15, 0.2) is 0 Å². The second-order valence-electron chi connectivity index (χ2n) is 8.58. The summed E-state index contributed by atoms with van der Waals surface area (Å²) in [7, 11) is 1.71. The Labute approximate surface area is 187 Å². The van der Waals surface area contributed by atoms with E-state index in [4.69, 9.17) is 0 Å². The number of nitrogens with one attached hydrogen (secondary N) is 2. The summed E-state index contributed by atoms with van der Waals surface area (Å²) in [4.78, 5) is 39.6. The molecule has 0 bridgehead atoms. The SMILES string of the molecule is CCCCCCCCCC(=O)N(C)[C@@H](Cc1ccccc1)C(=O)N[C@H]1CCCNC1=O. The predicted octanol–water partition coefficient (Wildman–Crippen LogP) is 3.59. The normalized spacial score (nSPS) is 17.0. The summed E-state index contributed by atoms with van der Waals surface area (Å²) < 4.78 is 0. The molecule has 0 aromatic heterocycles. The molecule has 0 unspecified atom stereocenters. The topological polar surface area (TPSA) is 78.5 Å². The summed E-state index contributed by atoms with van der Waals surface area (Å²) in [6.45, 7) is 2.85. The molecule has 1 heterocycles. The molecular weight excluding hydrogens is 390 g/mol. The smallest absolute Gasteiger partial charge is 0.243 e. The average Bonchev–Trinajstić information content (AvgIpc) is 2.78. The maximum Gasteiger partial charge on any atom is 0.243 e. The van der Waals surface area contributed by atoms with Gasteiger partial charge in [-0.3, -0.25) is 14.4 Å². The van der Waals surface area contributed by atoms with E-state index in [2.05, 4.69) is 17.6 Å². The molecule has 3 amide bonds. The van der Waals surface area contributed by atoms with Crippen molar-refractivity contribution >= 4 is 17.7 Å². The van der Waals surface area contributed by atoms with Gasteiger partial charge in [-0.25, -0.2) is 0 Å². The van der Waals surface area contributed by atoms with Gasteiger partial charge in [0.25, 0.3) is 0 Å².